The van der Waals surface area contributed by atoms with Crippen LogP contribution in [0.15, 0.2) is 218 Å². The van der Waals surface area contributed by atoms with E-state index in [1.165, 1.54) is 32.3 Å². The summed E-state index contributed by atoms with van der Waals surface area (Å²) in [6, 6.07) is 79.8. The van der Waals surface area contributed by atoms with Gasteiger partial charge in [-0.2, -0.15) is 5.26 Å². The molecule has 0 radical (unpaired) electrons. The van der Waals surface area contributed by atoms with Gasteiger partial charge in [-0.15, -0.1) is 0 Å². The molecule has 0 amide bonds. The lowest BCUT2D eigenvalue weighted by Gasteiger charge is -2.16. The summed E-state index contributed by atoms with van der Waals surface area (Å²) in [5.41, 5.74) is 12.8. The molecule has 0 bridgehead atoms. The fourth-order valence-electron chi connectivity index (χ4n) is 11.8. The van der Waals surface area contributed by atoms with Gasteiger partial charge in [0.1, 0.15) is 6.07 Å². The summed E-state index contributed by atoms with van der Waals surface area (Å²) in [5.74, 6) is 0. The van der Waals surface area contributed by atoms with E-state index in [9.17, 15) is 5.26 Å². The van der Waals surface area contributed by atoms with Crippen LogP contribution in [-0.4, -0.2) is 18.3 Å². The Hall–Kier alpha value is -9.88. The first-order chi connectivity index (χ1) is 34.7. The van der Waals surface area contributed by atoms with E-state index < -0.39 is 0 Å². The summed E-state index contributed by atoms with van der Waals surface area (Å²) >= 11 is 0. The van der Waals surface area contributed by atoms with Gasteiger partial charge in [-0.3, -0.25) is 0 Å². The molecule has 0 aliphatic carbocycles. The van der Waals surface area contributed by atoms with Crippen LogP contribution in [0.4, 0.5) is 5.69 Å². The highest BCUT2D eigenvalue weighted by molar-refractivity contribution is 6.27. The fourth-order valence-corrected chi connectivity index (χ4v) is 11.8. The van der Waals surface area contributed by atoms with Crippen LogP contribution in [-0.2, 0) is 0 Å². The first kappa shape index (κ1) is 38.2. The molecule has 6 nitrogen and oxygen atoms in total. The number of rotatable bonds is 4. The van der Waals surface area contributed by atoms with Gasteiger partial charge in [-0.1, -0.05) is 133 Å². The number of fused-ring (bicyclic) bond motifs is 16. The molecular formula is C64H36N6. The van der Waals surface area contributed by atoms with E-state index in [1.54, 1.807) is 0 Å². The van der Waals surface area contributed by atoms with Crippen molar-refractivity contribution in [1.29, 1.82) is 5.26 Å². The largest absolute Gasteiger partial charge is 0.319 e. The third-order valence-electron chi connectivity index (χ3n) is 14.7. The molecule has 0 fully saturated rings. The van der Waals surface area contributed by atoms with Crippen molar-refractivity contribution in [2.45, 2.75) is 0 Å². The van der Waals surface area contributed by atoms with Gasteiger partial charge in [0.15, 0.2) is 0 Å². The first-order valence-corrected chi connectivity index (χ1v) is 23.5. The van der Waals surface area contributed by atoms with Crippen molar-refractivity contribution in [3.05, 3.63) is 235 Å². The topological polar surface area (TPSA) is 47.9 Å². The highest BCUT2D eigenvalue weighted by atomic mass is 15.0. The average molecular weight is 889 g/mol. The normalized spacial score (nSPS) is 12.0. The molecule has 0 saturated heterocycles. The lowest BCUT2D eigenvalue weighted by molar-refractivity contribution is 1.14. The molecule has 11 aromatic carbocycles. The van der Waals surface area contributed by atoms with Crippen molar-refractivity contribution in [2.75, 3.05) is 0 Å². The second-order valence-electron chi connectivity index (χ2n) is 18.3. The van der Waals surface area contributed by atoms with E-state index in [2.05, 4.69) is 235 Å². The molecule has 4 heterocycles. The summed E-state index contributed by atoms with van der Waals surface area (Å²) in [7, 11) is 0. The van der Waals surface area contributed by atoms with Crippen molar-refractivity contribution >= 4 is 114 Å². The van der Waals surface area contributed by atoms with E-state index >= 15 is 0 Å². The summed E-state index contributed by atoms with van der Waals surface area (Å²) in [4.78, 5) is 4.30. The van der Waals surface area contributed by atoms with Gasteiger partial charge in [-0.25, -0.2) is 4.85 Å². The molecule has 0 aliphatic rings. The van der Waals surface area contributed by atoms with Crippen LogP contribution in [0.5, 0.6) is 0 Å². The second-order valence-corrected chi connectivity index (χ2v) is 18.3. The zero-order valence-electron chi connectivity index (χ0n) is 37.5. The average Bonchev–Trinajstić information content (AvgIpc) is 4.14. The minimum absolute atomic E-state index is 0.451. The number of benzene rings is 11. The van der Waals surface area contributed by atoms with Gasteiger partial charge < -0.3 is 18.3 Å². The quantitative estimate of drug-likeness (QED) is 0.162. The molecule has 0 unspecified atom stereocenters. The molecule has 0 saturated carbocycles. The highest BCUT2D eigenvalue weighted by Gasteiger charge is 2.25. The Bertz CT molecular complexity index is 4530. The maximum atomic E-state index is 11.3. The molecule has 0 N–H and O–H groups in total. The molecular weight excluding hydrogens is 853 g/mol. The summed E-state index contributed by atoms with van der Waals surface area (Å²) < 4.78 is 9.16. The summed E-state index contributed by atoms with van der Waals surface area (Å²) in [5, 5.41) is 24.9. The lowest BCUT2D eigenvalue weighted by Crippen LogP contribution is -2.01. The Morgan fingerprint density at radius 1 is 0.329 bits per heavy atom. The molecule has 4 aromatic heterocycles. The van der Waals surface area contributed by atoms with Crippen LogP contribution < -0.4 is 0 Å². The Balaban J connectivity index is 1.03. The molecule has 0 atom stereocenters. The predicted octanol–water partition coefficient (Wildman–Crippen LogP) is 16.8. The second kappa shape index (κ2) is 14.3. The highest BCUT2D eigenvalue weighted by Crippen LogP contribution is 2.46. The van der Waals surface area contributed by atoms with Crippen molar-refractivity contribution in [1.82, 2.24) is 18.3 Å². The van der Waals surface area contributed by atoms with Gasteiger partial charge in [0.25, 0.3) is 0 Å². The standard InChI is InChI=1S/C64H36N6/c1-66-52-37-57(69-53-26-14-12-24-46(53)48-33-60-50(35-58(48)69)63-44-22-10-8-16-39(44)28-30-55(63)67(60)42-18-4-2-5-19-42)41(38-65)32-62(52)70-54-27-15-13-25-47(54)49-34-61-51(36-59(49)70)64-45-23-11-9-17-40(45)29-31-56(64)68(61)43-20-6-3-7-21-43/h2-37H. The molecule has 0 aliphatic heterocycles. The number of para-hydroxylation sites is 4. The maximum absolute atomic E-state index is 11.3. The SMILES string of the molecule is [C-]#[N+]c1cc(-n2c3ccccc3c3cc4c(cc32)c2c3ccccc3ccc2n4-c2ccccc2)c(C#N)cc1-n1c2ccccc2c2cc3c(cc21)c1c2ccccc2ccc1n3-c1ccccc1. The third-order valence-corrected chi connectivity index (χ3v) is 14.7. The van der Waals surface area contributed by atoms with E-state index in [4.69, 9.17) is 6.57 Å². The molecule has 322 valence electrons. The third kappa shape index (κ3) is 5.14. The van der Waals surface area contributed by atoms with Crippen molar-refractivity contribution in [3.8, 4) is 28.8 Å². The van der Waals surface area contributed by atoms with E-state index in [1.807, 2.05) is 12.1 Å². The predicted molar refractivity (Wildman–Crippen MR) is 290 cm³/mol. The number of nitriles is 1. The van der Waals surface area contributed by atoms with Crippen LogP contribution in [0.2, 0.25) is 0 Å². The van der Waals surface area contributed by atoms with Crippen LogP contribution in [0.3, 0.4) is 0 Å². The number of hydrogen-bond acceptors (Lipinski definition) is 1. The Kier molecular flexibility index (Phi) is 7.82. The van der Waals surface area contributed by atoms with Gasteiger partial charge in [0, 0.05) is 54.5 Å². The minimum Gasteiger partial charge on any atom is -0.319 e. The maximum Gasteiger partial charge on any atom is 0.212 e. The van der Waals surface area contributed by atoms with Crippen molar-refractivity contribution < 1.29 is 0 Å². The minimum atomic E-state index is 0.451. The van der Waals surface area contributed by atoms with Crippen molar-refractivity contribution in [3.63, 3.8) is 0 Å². The molecule has 15 aromatic rings. The number of aromatic nitrogens is 4. The summed E-state index contributed by atoms with van der Waals surface area (Å²) in [6.45, 7) is 8.88. The van der Waals surface area contributed by atoms with Crippen LogP contribution >= 0.6 is 0 Å². The molecule has 70 heavy (non-hydrogen) atoms. The molecule has 0 spiro atoms. The van der Waals surface area contributed by atoms with Gasteiger partial charge in [-0.05, 0) is 106 Å². The Morgan fingerprint density at radius 3 is 1.23 bits per heavy atom. The molecule has 15 rings (SSSR count). The zero-order chi connectivity index (χ0) is 46.2. The number of hydrogen-bond donors (Lipinski definition) is 0. The first-order valence-electron chi connectivity index (χ1n) is 23.5. The van der Waals surface area contributed by atoms with Gasteiger partial charge in [0.2, 0.25) is 5.69 Å². The molecule has 6 heteroatoms. The van der Waals surface area contributed by atoms with Crippen LogP contribution in [0.1, 0.15) is 5.56 Å². The Morgan fingerprint density at radius 2 is 0.743 bits per heavy atom. The van der Waals surface area contributed by atoms with Crippen LogP contribution in [0.25, 0.3) is 136 Å². The lowest BCUT2D eigenvalue weighted by atomic mass is 10.0. The van der Waals surface area contributed by atoms with Gasteiger partial charge >= 0.3 is 0 Å². The fraction of sp³-hybridized carbons (Fsp3) is 0. The van der Waals surface area contributed by atoms with E-state index in [0.29, 0.717) is 22.6 Å². The van der Waals surface area contributed by atoms with Gasteiger partial charge in [0.05, 0.1) is 67.6 Å². The zero-order valence-corrected chi connectivity index (χ0v) is 37.5. The Labute approximate surface area is 400 Å². The summed E-state index contributed by atoms with van der Waals surface area (Å²) in [6.07, 6.45) is 0. The van der Waals surface area contributed by atoms with Crippen LogP contribution in [0, 0.1) is 17.9 Å². The smallest absolute Gasteiger partial charge is 0.212 e. The monoisotopic (exact) mass is 888 g/mol. The number of nitrogens with zero attached hydrogens (tertiary/aromatic N) is 6. The van der Waals surface area contributed by atoms with E-state index in [-0.39, 0.29) is 0 Å². The van der Waals surface area contributed by atoms with E-state index in [0.717, 1.165) is 87.8 Å². The van der Waals surface area contributed by atoms with Crippen molar-refractivity contribution in [2.24, 2.45) is 0 Å².